The van der Waals surface area contributed by atoms with Gasteiger partial charge in [0, 0.05) is 60.0 Å². The number of nitrogens with one attached hydrogen (secondary N) is 2. The minimum absolute atomic E-state index is 0. The Hall–Kier alpha value is -3.64. The highest BCUT2D eigenvalue weighted by Crippen LogP contribution is 2.27. The van der Waals surface area contributed by atoms with Crippen LogP contribution in [0.1, 0.15) is 68.5 Å². The molecule has 0 radical (unpaired) electrons. The molecule has 13 nitrogen and oxygen atoms in total. The molecule has 6 rings (SSSR count). The van der Waals surface area contributed by atoms with Gasteiger partial charge in [0.2, 0.25) is 0 Å². The van der Waals surface area contributed by atoms with E-state index in [4.69, 9.17) is 24.2 Å². The summed E-state index contributed by atoms with van der Waals surface area (Å²) < 4.78 is 26.4. The third-order valence-electron chi connectivity index (χ3n) is 8.84. The molecule has 3 atom stereocenters. The van der Waals surface area contributed by atoms with E-state index in [1.54, 1.807) is 41.9 Å². The van der Waals surface area contributed by atoms with Gasteiger partial charge in [0.15, 0.2) is 0 Å². The van der Waals surface area contributed by atoms with E-state index in [0.29, 0.717) is 60.4 Å². The number of likely N-dealkylation sites (N-methyl/N-ethyl adjacent to an activating group) is 2. The first-order valence-corrected chi connectivity index (χ1v) is 16.5. The Morgan fingerprint density at radius 2 is 1.08 bits per heavy atom. The molecule has 16 heteroatoms. The van der Waals surface area contributed by atoms with E-state index in [2.05, 4.69) is 47.7 Å². The summed E-state index contributed by atoms with van der Waals surface area (Å²) >= 11 is 0. The van der Waals surface area contributed by atoms with E-state index < -0.39 is 5.91 Å². The lowest BCUT2D eigenvalue weighted by Gasteiger charge is -2.19. The summed E-state index contributed by atoms with van der Waals surface area (Å²) in [6.45, 7) is 10.5. The van der Waals surface area contributed by atoms with Gasteiger partial charge in [-0.15, -0.1) is 0 Å². The van der Waals surface area contributed by atoms with E-state index in [1.807, 2.05) is 25.2 Å². The molecule has 1 amide bonds. The summed E-state index contributed by atoms with van der Waals surface area (Å²) in [7, 11) is 6.86. The Morgan fingerprint density at radius 1 is 0.679 bits per heavy atom. The van der Waals surface area contributed by atoms with E-state index in [1.165, 1.54) is 14.2 Å². The molecule has 0 spiro atoms. The molecule has 294 valence electrons. The summed E-state index contributed by atoms with van der Waals surface area (Å²) in [6, 6.07) is 17.1. The summed E-state index contributed by atoms with van der Waals surface area (Å²) in [5.41, 5.74) is 6.28. The van der Waals surface area contributed by atoms with Gasteiger partial charge in [0.1, 0.15) is 37.1 Å². The number of hydroxylamine groups is 1. The first-order chi connectivity index (χ1) is 23.9. The van der Waals surface area contributed by atoms with Crippen molar-refractivity contribution in [2.45, 2.75) is 58.5 Å². The number of hydrogen-bond donors (Lipinski definition) is 3. The van der Waals surface area contributed by atoms with Gasteiger partial charge in [0.05, 0.1) is 25.3 Å². The molecule has 3 aliphatic rings. The van der Waals surface area contributed by atoms with Crippen LogP contribution in [-0.2, 0) is 29.1 Å². The fourth-order valence-electron chi connectivity index (χ4n) is 5.25. The number of benzene rings is 3. The van der Waals surface area contributed by atoms with Crippen LogP contribution in [0, 0.1) is 0 Å². The highest BCUT2D eigenvalue weighted by Gasteiger charge is 2.21. The number of methoxy groups -OCH3 is 2. The molecule has 0 bridgehead atoms. The fraction of sp³-hybridized carbons (Fsp3) is 0.432. The average Bonchev–Trinajstić information content (AvgIpc) is 3.48. The Kier molecular flexibility index (Phi) is 20.2. The van der Waals surface area contributed by atoms with Gasteiger partial charge in [0.25, 0.3) is 5.91 Å². The standard InChI is InChI=1S/C13H17NO3.C12H16N2O3.C12H15NO3.3H2S/c1-9-8-17-12-6-10(13(15)16-3)4-5-11(12)7-14(9)2;1-8-7-17-11-5-9(12(15)13-16)3-4-10(11)6-14(8)2;1-8-7-16-11-5-9(12(14)15-2)3-4-10(11)6-13-8;;;/h4-6,9H,7-8H2,1-3H3;3-5,8,16H,6-7H2,1-2H3,(H,13,15);3-5,8,13H,6-7H2,1-2H3;3*1H2/t9-;2*8-;;;/m000.../s1. The van der Waals surface area contributed by atoms with Gasteiger partial charge in [-0.2, -0.15) is 40.5 Å². The normalized spacial score (nSPS) is 18.7. The van der Waals surface area contributed by atoms with E-state index in [9.17, 15) is 14.4 Å². The molecule has 3 aromatic rings. The fourth-order valence-corrected chi connectivity index (χ4v) is 5.25. The van der Waals surface area contributed by atoms with Crippen LogP contribution in [0.3, 0.4) is 0 Å². The van der Waals surface area contributed by atoms with Crippen molar-refractivity contribution in [3.8, 4) is 17.2 Å². The summed E-state index contributed by atoms with van der Waals surface area (Å²) in [5.74, 6) is 1.06. The largest absolute Gasteiger partial charge is 0.492 e. The van der Waals surface area contributed by atoms with Gasteiger partial charge >= 0.3 is 11.9 Å². The minimum atomic E-state index is -0.526. The van der Waals surface area contributed by atoms with Crippen molar-refractivity contribution >= 4 is 58.3 Å². The average molecular weight is 795 g/mol. The van der Waals surface area contributed by atoms with Crippen LogP contribution in [0.2, 0.25) is 0 Å². The van der Waals surface area contributed by atoms with Crippen molar-refractivity contribution in [3.05, 3.63) is 88.0 Å². The van der Waals surface area contributed by atoms with Crippen LogP contribution in [0.15, 0.2) is 54.6 Å². The number of carbonyl (C=O) groups is 3. The molecule has 53 heavy (non-hydrogen) atoms. The van der Waals surface area contributed by atoms with Crippen molar-refractivity contribution < 1.29 is 43.3 Å². The number of amides is 1. The van der Waals surface area contributed by atoms with Gasteiger partial charge in [-0.05, 0) is 71.3 Å². The van der Waals surface area contributed by atoms with Crippen LogP contribution >= 0.6 is 40.5 Å². The van der Waals surface area contributed by atoms with Gasteiger partial charge in [-0.3, -0.25) is 19.8 Å². The topological polar surface area (TPSA) is 148 Å². The minimum Gasteiger partial charge on any atom is -0.492 e. The van der Waals surface area contributed by atoms with Gasteiger partial charge < -0.3 is 29.0 Å². The zero-order valence-corrected chi connectivity index (χ0v) is 34.3. The van der Waals surface area contributed by atoms with Crippen molar-refractivity contribution in [2.75, 3.05) is 48.1 Å². The van der Waals surface area contributed by atoms with Crippen molar-refractivity contribution in [3.63, 3.8) is 0 Å². The van der Waals surface area contributed by atoms with E-state index in [0.717, 1.165) is 47.8 Å². The molecule has 0 saturated heterocycles. The SMILES string of the molecule is COC(=O)c1ccc2c(c1)OC[C@H](C)N(C)C2.COC(=O)c1ccc2c(c1)OC[C@H](C)NC2.C[C@H]1COc2cc(C(=O)NO)ccc2CN1C.S.S.S. The lowest BCUT2D eigenvalue weighted by Crippen LogP contribution is -2.31. The number of ether oxygens (including phenoxy) is 5. The summed E-state index contributed by atoms with van der Waals surface area (Å²) in [6.07, 6.45) is 0. The maximum atomic E-state index is 11.4. The van der Waals surface area contributed by atoms with E-state index in [-0.39, 0.29) is 52.4 Å². The quantitative estimate of drug-likeness (QED) is 0.196. The zero-order valence-electron chi connectivity index (χ0n) is 31.3. The molecule has 0 unspecified atom stereocenters. The number of rotatable bonds is 3. The number of hydrogen-bond acceptors (Lipinski definition) is 12. The second-order valence-electron chi connectivity index (χ2n) is 12.6. The number of esters is 2. The Labute approximate surface area is 332 Å². The molecule has 3 N–H and O–H groups in total. The highest BCUT2D eigenvalue weighted by atomic mass is 32.1. The second-order valence-corrected chi connectivity index (χ2v) is 12.6. The van der Waals surface area contributed by atoms with Crippen LogP contribution in [0.25, 0.3) is 0 Å². The molecule has 0 aromatic heterocycles. The van der Waals surface area contributed by atoms with Crippen LogP contribution in [0.4, 0.5) is 0 Å². The molecule has 0 saturated carbocycles. The molecule has 3 aromatic carbocycles. The molecule has 0 fully saturated rings. The van der Waals surface area contributed by atoms with Crippen LogP contribution in [0.5, 0.6) is 17.2 Å². The molecular formula is C37H54N4O9S3. The molecule has 3 aliphatic heterocycles. The van der Waals surface area contributed by atoms with Crippen molar-refractivity contribution in [2.24, 2.45) is 0 Å². The second kappa shape index (κ2) is 22.5. The van der Waals surface area contributed by atoms with Crippen LogP contribution < -0.4 is 25.0 Å². The first-order valence-electron chi connectivity index (χ1n) is 16.5. The van der Waals surface area contributed by atoms with Crippen molar-refractivity contribution in [1.29, 1.82) is 0 Å². The number of nitrogens with zero attached hydrogens (tertiary/aromatic N) is 2. The van der Waals surface area contributed by atoms with E-state index >= 15 is 0 Å². The number of fused-ring (bicyclic) bond motifs is 3. The summed E-state index contributed by atoms with van der Waals surface area (Å²) in [4.78, 5) is 38.5. The van der Waals surface area contributed by atoms with Crippen LogP contribution in [-0.4, -0.2) is 99.1 Å². The van der Waals surface area contributed by atoms with Gasteiger partial charge in [-0.25, -0.2) is 15.1 Å². The Morgan fingerprint density at radius 3 is 1.53 bits per heavy atom. The molecule has 0 aliphatic carbocycles. The lowest BCUT2D eigenvalue weighted by atomic mass is 10.1. The Balaban J connectivity index is 0.000000387. The monoisotopic (exact) mass is 794 g/mol. The third kappa shape index (κ3) is 13.0. The lowest BCUT2D eigenvalue weighted by molar-refractivity contribution is 0.0591. The summed E-state index contributed by atoms with van der Waals surface area (Å²) in [5, 5.41) is 11.9. The maximum absolute atomic E-state index is 11.4. The molecular weight excluding hydrogens is 741 g/mol. The zero-order chi connectivity index (χ0) is 36.4. The van der Waals surface area contributed by atoms with Gasteiger partial charge in [-0.1, -0.05) is 18.2 Å². The first kappa shape index (κ1) is 47.4. The highest BCUT2D eigenvalue weighted by molar-refractivity contribution is 7.59. The Bertz CT molecular complexity index is 1580. The smallest absolute Gasteiger partial charge is 0.337 e. The molecule has 3 heterocycles. The third-order valence-corrected chi connectivity index (χ3v) is 8.84. The van der Waals surface area contributed by atoms with Crippen molar-refractivity contribution in [1.82, 2.24) is 20.6 Å². The predicted molar refractivity (Wildman–Crippen MR) is 217 cm³/mol. The maximum Gasteiger partial charge on any atom is 0.337 e. The number of carbonyl (C=O) groups excluding carboxylic acids is 3. The predicted octanol–water partition coefficient (Wildman–Crippen LogP) is 4.39.